The summed E-state index contributed by atoms with van der Waals surface area (Å²) >= 11 is 13.5. The van der Waals surface area contributed by atoms with Crippen LogP contribution in [-0.4, -0.2) is 23.3 Å². The molecule has 3 rings (SSSR count). The van der Waals surface area contributed by atoms with Gasteiger partial charge < -0.3 is 10.6 Å². The number of nitrogens with one attached hydrogen (secondary N) is 2. The van der Waals surface area contributed by atoms with Gasteiger partial charge in [-0.05, 0) is 35.9 Å². The Bertz CT molecular complexity index is 961. The van der Waals surface area contributed by atoms with Crippen molar-refractivity contribution in [2.24, 2.45) is 0 Å². The molecular formula is C19H15Cl2N3O2S. The molecule has 1 aromatic heterocycles. The predicted molar refractivity (Wildman–Crippen MR) is 109 cm³/mol. The van der Waals surface area contributed by atoms with E-state index < -0.39 is 0 Å². The maximum absolute atomic E-state index is 12.0. The first-order chi connectivity index (χ1) is 13.0. The standard InChI is InChI=1S/C19H15Cl2N3O2S/c20-14-6-7-16(21)13(8-14)9-15-10-23-19(27-15)24-17(25)11-22-18(26)12-4-2-1-3-5-12/h1-8,10H,9,11H2,(H,22,26)(H,23,24,25). The number of halogens is 2. The summed E-state index contributed by atoms with van der Waals surface area (Å²) in [5.74, 6) is -0.651. The number of carbonyl (C=O) groups excluding carboxylic acids is 2. The number of anilines is 1. The largest absolute Gasteiger partial charge is 0.343 e. The lowest BCUT2D eigenvalue weighted by molar-refractivity contribution is -0.115. The first-order valence-corrected chi connectivity index (χ1v) is 9.60. The Balaban J connectivity index is 1.53. The van der Waals surface area contributed by atoms with Crippen molar-refractivity contribution in [1.82, 2.24) is 10.3 Å². The Morgan fingerprint density at radius 1 is 1.07 bits per heavy atom. The molecular weight excluding hydrogens is 405 g/mol. The van der Waals surface area contributed by atoms with Crippen LogP contribution in [0.15, 0.2) is 54.7 Å². The van der Waals surface area contributed by atoms with Crippen molar-refractivity contribution in [1.29, 1.82) is 0 Å². The van der Waals surface area contributed by atoms with Crippen LogP contribution in [-0.2, 0) is 11.2 Å². The number of hydrogen-bond donors (Lipinski definition) is 2. The molecule has 0 aliphatic carbocycles. The van der Waals surface area contributed by atoms with Crippen LogP contribution in [0.2, 0.25) is 10.0 Å². The fourth-order valence-corrected chi connectivity index (χ4v) is 3.56. The minimum Gasteiger partial charge on any atom is -0.343 e. The van der Waals surface area contributed by atoms with Gasteiger partial charge in [-0.2, -0.15) is 0 Å². The van der Waals surface area contributed by atoms with Gasteiger partial charge in [0, 0.05) is 33.1 Å². The van der Waals surface area contributed by atoms with E-state index in [2.05, 4.69) is 15.6 Å². The Morgan fingerprint density at radius 2 is 1.85 bits per heavy atom. The number of hydrogen-bond acceptors (Lipinski definition) is 4. The van der Waals surface area contributed by atoms with E-state index in [1.807, 2.05) is 6.07 Å². The summed E-state index contributed by atoms with van der Waals surface area (Å²) in [6.07, 6.45) is 2.25. The Morgan fingerprint density at radius 3 is 2.63 bits per heavy atom. The van der Waals surface area contributed by atoms with Crippen molar-refractivity contribution in [3.63, 3.8) is 0 Å². The summed E-state index contributed by atoms with van der Waals surface area (Å²) < 4.78 is 0. The number of rotatable bonds is 6. The number of carbonyl (C=O) groups is 2. The SMILES string of the molecule is O=C(CNC(=O)c1ccccc1)Nc1ncc(Cc2cc(Cl)ccc2Cl)s1. The molecule has 27 heavy (non-hydrogen) atoms. The molecule has 0 spiro atoms. The molecule has 0 saturated carbocycles. The summed E-state index contributed by atoms with van der Waals surface area (Å²) in [6, 6.07) is 14.0. The number of thiazole rings is 1. The second-order valence-corrected chi connectivity index (χ2v) is 7.60. The van der Waals surface area contributed by atoms with Crippen LogP contribution >= 0.6 is 34.5 Å². The second-order valence-electron chi connectivity index (χ2n) is 5.64. The van der Waals surface area contributed by atoms with E-state index in [-0.39, 0.29) is 18.4 Å². The molecule has 5 nitrogen and oxygen atoms in total. The highest BCUT2D eigenvalue weighted by atomic mass is 35.5. The number of benzene rings is 2. The number of amides is 2. The van der Waals surface area contributed by atoms with Gasteiger partial charge in [0.05, 0.1) is 6.54 Å². The van der Waals surface area contributed by atoms with E-state index in [1.54, 1.807) is 48.7 Å². The van der Waals surface area contributed by atoms with Gasteiger partial charge in [0.2, 0.25) is 5.91 Å². The van der Waals surface area contributed by atoms with Crippen LogP contribution in [0.5, 0.6) is 0 Å². The van der Waals surface area contributed by atoms with Gasteiger partial charge in [-0.15, -0.1) is 11.3 Å². The highest BCUT2D eigenvalue weighted by Gasteiger charge is 2.11. The molecule has 0 unspecified atom stereocenters. The third-order valence-electron chi connectivity index (χ3n) is 3.62. The smallest absolute Gasteiger partial charge is 0.251 e. The van der Waals surface area contributed by atoms with Crippen molar-refractivity contribution in [2.45, 2.75) is 6.42 Å². The quantitative estimate of drug-likeness (QED) is 0.621. The van der Waals surface area contributed by atoms with Gasteiger partial charge in [-0.25, -0.2) is 4.98 Å². The molecule has 0 aliphatic heterocycles. The third-order valence-corrected chi connectivity index (χ3v) is 5.13. The lowest BCUT2D eigenvalue weighted by atomic mass is 10.1. The van der Waals surface area contributed by atoms with Gasteiger partial charge in [0.15, 0.2) is 5.13 Å². The molecule has 0 saturated heterocycles. The predicted octanol–water partition coefficient (Wildman–Crippen LogP) is 4.41. The lowest BCUT2D eigenvalue weighted by Gasteiger charge is -2.05. The molecule has 138 valence electrons. The summed E-state index contributed by atoms with van der Waals surface area (Å²) in [7, 11) is 0. The third kappa shape index (κ3) is 5.53. The van der Waals surface area contributed by atoms with E-state index in [0.717, 1.165) is 10.4 Å². The number of aromatic nitrogens is 1. The van der Waals surface area contributed by atoms with Crippen LogP contribution < -0.4 is 10.6 Å². The van der Waals surface area contributed by atoms with Crippen LogP contribution in [0.25, 0.3) is 0 Å². The van der Waals surface area contributed by atoms with Gasteiger partial charge >= 0.3 is 0 Å². The Labute approximate surface area is 170 Å². The minimum atomic E-state index is -0.346. The molecule has 8 heteroatoms. The maximum Gasteiger partial charge on any atom is 0.251 e. The highest BCUT2D eigenvalue weighted by molar-refractivity contribution is 7.15. The van der Waals surface area contributed by atoms with Gasteiger partial charge in [-0.1, -0.05) is 41.4 Å². The summed E-state index contributed by atoms with van der Waals surface area (Å²) in [5, 5.41) is 6.95. The summed E-state index contributed by atoms with van der Waals surface area (Å²) in [5.41, 5.74) is 1.39. The second kappa shape index (κ2) is 8.99. The van der Waals surface area contributed by atoms with E-state index >= 15 is 0 Å². The minimum absolute atomic E-state index is 0.136. The topological polar surface area (TPSA) is 71.1 Å². The molecule has 0 aliphatic rings. The van der Waals surface area contributed by atoms with Crippen LogP contribution in [0.4, 0.5) is 5.13 Å². The molecule has 2 N–H and O–H groups in total. The van der Waals surface area contributed by atoms with E-state index in [0.29, 0.717) is 27.2 Å². The monoisotopic (exact) mass is 419 g/mol. The van der Waals surface area contributed by atoms with Crippen molar-refractivity contribution in [3.05, 3.63) is 80.8 Å². The lowest BCUT2D eigenvalue weighted by Crippen LogP contribution is -2.32. The van der Waals surface area contributed by atoms with Crippen LogP contribution in [0, 0.1) is 0 Å². The van der Waals surface area contributed by atoms with Crippen molar-refractivity contribution >= 4 is 51.5 Å². The van der Waals surface area contributed by atoms with Crippen molar-refractivity contribution < 1.29 is 9.59 Å². The van der Waals surface area contributed by atoms with Crippen LogP contribution in [0.1, 0.15) is 20.8 Å². The van der Waals surface area contributed by atoms with E-state index in [9.17, 15) is 9.59 Å². The average molecular weight is 420 g/mol. The van der Waals surface area contributed by atoms with E-state index in [4.69, 9.17) is 23.2 Å². The maximum atomic E-state index is 12.0. The first kappa shape index (κ1) is 19.4. The van der Waals surface area contributed by atoms with Crippen molar-refractivity contribution in [2.75, 3.05) is 11.9 Å². The zero-order chi connectivity index (χ0) is 19.2. The summed E-state index contributed by atoms with van der Waals surface area (Å²) in [6.45, 7) is -0.136. The fraction of sp³-hybridized carbons (Fsp3) is 0.105. The van der Waals surface area contributed by atoms with Crippen molar-refractivity contribution in [3.8, 4) is 0 Å². The molecule has 0 bridgehead atoms. The van der Waals surface area contributed by atoms with E-state index in [1.165, 1.54) is 11.3 Å². The molecule has 1 heterocycles. The molecule has 0 atom stereocenters. The highest BCUT2D eigenvalue weighted by Crippen LogP contribution is 2.26. The zero-order valence-corrected chi connectivity index (χ0v) is 16.4. The van der Waals surface area contributed by atoms with Gasteiger partial charge in [-0.3, -0.25) is 9.59 Å². The fourth-order valence-electron chi connectivity index (χ4n) is 2.33. The average Bonchev–Trinajstić information content (AvgIpc) is 3.10. The van der Waals surface area contributed by atoms with Gasteiger partial charge in [0.1, 0.15) is 0 Å². The zero-order valence-electron chi connectivity index (χ0n) is 14.0. The molecule has 2 aromatic carbocycles. The molecule has 0 fully saturated rings. The normalized spacial score (nSPS) is 10.4. The Kier molecular flexibility index (Phi) is 6.45. The molecule has 3 aromatic rings. The van der Waals surface area contributed by atoms with Gasteiger partial charge in [0.25, 0.3) is 5.91 Å². The molecule has 2 amide bonds. The molecule has 0 radical (unpaired) electrons. The van der Waals surface area contributed by atoms with Crippen LogP contribution in [0.3, 0.4) is 0 Å². The number of nitrogens with zero attached hydrogens (tertiary/aromatic N) is 1. The Hall–Kier alpha value is -2.41. The first-order valence-electron chi connectivity index (χ1n) is 8.03. The summed E-state index contributed by atoms with van der Waals surface area (Å²) in [4.78, 5) is 29.1.